The van der Waals surface area contributed by atoms with Crippen LogP contribution in [0.25, 0.3) is 0 Å². The van der Waals surface area contributed by atoms with Gasteiger partial charge in [0.15, 0.2) is 11.5 Å². The van der Waals surface area contributed by atoms with Gasteiger partial charge >= 0.3 is 12.1 Å². The number of aliphatic carboxylic acids is 1. The zero-order chi connectivity index (χ0) is 23.1. The Kier molecular flexibility index (Phi) is 7.68. The van der Waals surface area contributed by atoms with E-state index in [1.54, 1.807) is 7.11 Å². The van der Waals surface area contributed by atoms with E-state index >= 15 is 0 Å². The maximum atomic E-state index is 10.6. The Morgan fingerprint density at radius 2 is 1.66 bits per heavy atom. The first-order valence-corrected chi connectivity index (χ1v) is 10.1. The van der Waals surface area contributed by atoms with Crippen molar-refractivity contribution in [2.75, 3.05) is 51.3 Å². The maximum absolute atomic E-state index is 10.6. The van der Waals surface area contributed by atoms with Crippen molar-refractivity contribution >= 4 is 11.7 Å². The topological polar surface area (TPSA) is 71.5 Å². The highest BCUT2D eigenvalue weighted by Gasteiger charge is 2.38. The molecule has 4 rings (SSSR count). The highest BCUT2D eigenvalue weighted by atomic mass is 19.4. The summed E-state index contributed by atoms with van der Waals surface area (Å²) in [5, 5.41) is 7.12. The Hall–Kier alpha value is -3.14. The van der Waals surface area contributed by atoms with Crippen LogP contribution in [-0.4, -0.2) is 74.7 Å². The lowest BCUT2D eigenvalue weighted by Crippen LogP contribution is -2.50. The molecule has 1 N–H and O–H groups in total. The summed E-state index contributed by atoms with van der Waals surface area (Å²) in [5.41, 5.74) is 1.18. The van der Waals surface area contributed by atoms with E-state index in [1.165, 1.54) is 5.69 Å². The van der Waals surface area contributed by atoms with Gasteiger partial charge in [-0.3, -0.25) is 4.90 Å². The quantitative estimate of drug-likeness (QED) is 0.760. The second kappa shape index (κ2) is 10.4. The number of methoxy groups -OCH3 is 1. The van der Waals surface area contributed by atoms with Crippen LogP contribution in [0.2, 0.25) is 0 Å². The van der Waals surface area contributed by atoms with Gasteiger partial charge in [0.1, 0.15) is 18.5 Å². The van der Waals surface area contributed by atoms with Gasteiger partial charge in [0.25, 0.3) is 0 Å². The van der Waals surface area contributed by atoms with E-state index < -0.39 is 12.1 Å². The summed E-state index contributed by atoms with van der Waals surface area (Å²) in [6, 6.07) is 16.1. The molecule has 2 heterocycles. The third kappa shape index (κ3) is 6.19. The average molecular weight is 454 g/mol. The molecule has 0 aromatic heterocycles. The van der Waals surface area contributed by atoms with Gasteiger partial charge in [-0.05, 0) is 24.3 Å². The third-order valence-electron chi connectivity index (χ3n) is 5.07. The first-order chi connectivity index (χ1) is 15.3. The van der Waals surface area contributed by atoms with E-state index in [4.69, 9.17) is 24.1 Å². The summed E-state index contributed by atoms with van der Waals surface area (Å²) < 4.78 is 49.1. The number of carboxylic acid groups (broad SMARTS) is 1. The zero-order valence-corrected chi connectivity index (χ0v) is 17.5. The molecule has 10 heteroatoms. The normalized spacial score (nSPS) is 18.4. The number of nitrogens with zero attached hydrogens (tertiary/aromatic N) is 2. The van der Waals surface area contributed by atoms with E-state index in [0.29, 0.717) is 6.61 Å². The highest BCUT2D eigenvalue weighted by Crippen LogP contribution is 2.31. The van der Waals surface area contributed by atoms with Gasteiger partial charge in [-0.25, -0.2) is 4.79 Å². The summed E-state index contributed by atoms with van der Waals surface area (Å²) >= 11 is 0. The van der Waals surface area contributed by atoms with E-state index in [9.17, 15) is 13.2 Å². The van der Waals surface area contributed by atoms with E-state index in [1.807, 2.05) is 36.4 Å². The van der Waals surface area contributed by atoms with Crippen LogP contribution in [0, 0.1) is 0 Å². The summed E-state index contributed by atoms with van der Waals surface area (Å²) in [6.45, 7) is 5.52. The van der Waals surface area contributed by atoms with Gasteiger partial charge in [0.2, 0.25) is 0 Å². The number of hydrogen-bond donors (Lipinski definition) is 1. The van der Waals surface area contributed by atoms with Crippen molar-refractivity contribution in [3.63, 3.8) is 0 Å². The van der Waals surface area contributed by atoms with Gasteiger partial charge < -0.3 is 24.2 Å². The maximum Gasteiger partial charge on any atom is 0.490 e. The molecule has 1 fully saturated rings. The van der Waals surface area contributed by atoms with Crippen molar-refractivity contribution in [2.45, 2.75) is 12.3 Å². The Morgan fingerprint density at radius 1 is 1.06 bits per heavy atom. The van der Waals surface area contributed by atoms with Crippen molar-refractivity contribution < 1.29 is 37.3 Å². The average Bonchev–Trinajstić information content (AvgIpc) is 2.79. The summed E-state index contributed by atoms with van der Waals surface area (Å²) in [5.74, 6) is -0.116. The smallest absolute Gasteiger partial charge is 0.490 e. The molecule has 2 aliphatic heterocycles. The number of ether oxygens (including phenoxy) is 3. The SMILES string of the molecule is COc1ccccc1N1CCN(CC2COc3ccccc3O2)CC1.O=C(O)C(F)(F)F. The van der Waals surface area contributed by atoms with Crippen LogP contribution < -0.4 is 19.1 Å². The Labute approximate surface area is 183 Å². The number of carboxylic acids is 1. The molecule has 0 aliphatic carbocycles. The number of halogens is 3. The zero-order valence-electron chi connectivity index (χ0n) is 17.5. The minimum Gasteiger partial charge on any atom is -0.495 e. The Bertz CT molecular complexity index is 901. The van der Waals surface area contributed by atoms with Gasteiger partial charge in [0.05, 0.1) is 12.8 Å². The Balaban J connectivity index is 0.000000360. The predicted molar refractivity (Wildman–Crippen MR) is 112 cm³/mol. The molecule has 7 nitrogen and oxygen atoms in total. The van der Waals surface area contributed by atoms with E-state index in [0.717, 1.165) is 50.0 Å². The molecule has 1 unspecified atom stereocenters. The van der Waals surface area contributed by atoms with Crippen LogP contribution in [0.15, 0.2) is 48.5 Å². The van der Waals surface area contributed by atoms with Crippen LogP contribution in [0.3, 0.4) is 0 Å². The number of hydrogen-bond acceptors (Lipinski definition) is 6. The first-order valence-electron chi connectivity index (χ1n) is 10.1. The molecular weight excluding hydrogens is 429 g/mol. The van der Waals surface area contributed by atoms with Crippen molar-refractivity contribution in [1.82, 2.24) is 4.90 Å². The van der Waals surface area contributed by atoms with Crippen molar-refractivity contribution in [2.24, 2.45) is 0 Å². The molecule has 1 saturated heterocycles. The van der Waals surface area contributed by atoms with Crippen LogP contribution in [-0.2, 0) is 4.79 Å². The minimum absolute atomic E-state index is 0.0905. The van der Waals surface area contributed by atoms with Crippen LogP contribution >= 0.6 is 0 Å². The number of anilines is 1. The summed E-state index contributed by atoms with van der Waals surface area (Å²) in [4.78, 5) is 13.7. The molecule has 0 amide bonds. The predicted octanol–water partition coefficient (Wildman–Crippen LogP) is 3.29. The third-order valence-corrected chi connectivity index (χ3v) is 5.07. The summed E-state index contributed by atoms with van der Waals surface area (Å²) in [7, 11) is 1.73. The second-order valence-electron chi connectivity index (χ2n) is 7.26. The highest BCUT2D eigenvalue weighted by molar-refractivity contribution is 5.73. The van der Waals surface area contributed by atoms with E-state index in [2.05, 4.69) is 21.9 Å². The molecule has 2 aromatic carbocycles. The van der Waals surface area contributed by atoms with Gasteiger partial charge in [-0.2, -0.15) is 13.2 Å². The molecule has 1 atom stereocenters. The van der Waals surface area contributed by atoms with Crippen molar-refractivity contribution in [1.29, 1.82) is 0 Å². The fraction of sp³-hybridized carbons (Fsp3) is 0.409. The molecule has 0 saturated carbocycles. The lowest BCUT2D eigenvalue weighted by molar-refractivity contribution is -0.192. The number of carbonyl (C=O) groups is 1. The lowest BCUT2D eigenvalue weighted by Gasteiger charge is -2.38. The van der Waals surface area contributed by atoms with Crippen LogP contribution in [0.4, 0.5) is 18.9 Å². The first kappa shape index (κ1) is 23.5. The molecule has 32 heavy (non-hydrogen) atoms. The number of piperazine rings is 1. The van der Waals surface area contributed by atoms with Crippen molar-refractivity contribution in [3.8, 4) is 17.2 Å². The van der Waals surface area contributed by atoms with Crippen molar-refractivity contribution in [3.05, 3.63) is 48.5 Å². The molecule has 0 spiro atoms. The lowest BCUT2D eigenvalue weighted by atomic mass is 10.2. The number of para-hydroxylation sites is 4. The largest absolute Gasteiger partial charge is 0.495 e. The molecular formula is C22H25F3N2O5. The van der Waals surface area contributed by atoms with E-state index in [-0.39, 0.29) is 6.10 Å². The Morgan fingerprint density at radius 3 is 2.28 bits per heavy atom. The van der Waals surface area contributed by atoms with Crippen LogP contribution in [0.1, 0.15) is 0 Å². The molecule has 0 bridgehead atoms. The molecule has 2 aromatic rings. The molecule has 0 radical (unpaired) electrons. The second-order valence-corrected chi connectivity index (χ2v) is 7.26. The fourth-order valence-electron chi connectivity index (χ4n) is 3.50. The minimum atomic E-state index is -5.08. The van der Waals surface area contributed by atoms with Gasteiger partial charge in [0, 0.05) is 32.7 Å². The summed E-state index contributed by atoms with van der Waals surface area (Å²) in [6.07, 6.45) is -4.99. The monoisotopic (exact) mass is 454 g/mol. The number of fused-ring (bicyclic) bond motifs is 1. The molecule has 2 aliphatic rings. The van der Waals surface area contributed by atoms with Gasteiger partial charge in [-0.15, -0.1) is 0 Å². The number of rotatable bonds is 4. The number of alkyl halides is 3. The fourth-order valence-corrected chi connectivity index (χ4v) is 3.50. The number of benzene rings is 2. The van der Waals surface area contributed by atoms with Gasteiger partial charge in [-0.1, -0.05) is 24.3 Å². The molecule has 174 valence electrons. The standard InChI is InChI=1S/C20H24N2O3.C2HF3O2/c1-23-18-7-3-2-6-17(18)22-12-10-21(11-13-22)14-16-15-24-19-8-4-5-9-20(19)25-16;3-2(4,5)1(6)7/h2-9,16H,10-15H2,1H3;(H,6,7). The van der Waals surface area contributed by atoms with Crippen LogP contribution in [0.5, 0.6) is 17.2 Å².